The molecule has 0 saturated carbocycles. The molecule has 0 aliphatic heterocycles. The van der Waals surface area contributed by atoms with Crippen LogP contribution in [0.1, 0.15) is 84.0 Å². The van der Waals surface area contributed by atoms with Crippen LogP contribution in [0.15, 0.2) is 0 Å². The van der Waals surface area contributed by atoms with Gasteiger partial charge in [-0.3, -0.25) is 9.59 Å². The molecule has 0 aliphatic carbocycles. The second-order valence-electron chi connectivity index (χ2n) is 5.98. The fourth-order valence-corrected chi connectivity index (χ4v) is 2.23. The molecule has 0 bridgehead atoms. The maximum atomic E-state index is 11.5. The Morgan fingerprint density at radius 1 is 0.870 bits per heavy atom. The summed E-state index contributed by atoms with van der Waals surface area (Å²) >= 11 is 0. The Bertz CT molecular complexity index is 359. The van der Waals surface area contributed by atoms with E-state index in [1.165, 1.54) is 38.5 Å². The average molecular weight is 328 g/mol. The Morgan fingerprint density at radius 3 is 1.91 bits per heavy atom. The molecule has 0 radical (unpaired) electrons. The Labute approximate surface area is 139 Å². The van der Waals surface area contributed by atoms with Crippen molar-refractivity contribution in [1.82, 2.24) is 0 Å². The lowest BCUT2D eigenvalue weighted by Gasteiger charge is -2.09. The van der Waals surface area contributed by atoms with Crippen molar-refractivity contribution in [3.05, 3.63) is 0 Å². The predicted molar refractivity (Wildman–Crippen MR) is 89.3 cm³/mol. The topological polar surface area (TPSA) is 112 Å². The molecule has 23 heavy (non-hydrogen) atoms. The third-order valence-electron chi connectivity index (χ3n) is 3.70. The van der Waals surface area contributed by atoms with Crippen LogP contribution in [0.3, 0.4) is 0 Å². The lowest BCUT2D eigenvalue weighted by atomic mass is 10.1. The molecule has 0 aromatic rings. The number of hydrogen-bond donors (Lipinski definition) is 2. The summed E-state index contributed by atoms with van der Waals surface area (Å²) in [6, 6.07) is -0.977. The van der Waals surface area contributed by atoms with Crippen LogP contribution in [-0.4, -0.2) is 23.9 Å². The van der Waals surface area contributed by atoms with Gasteiger partial charge in [0.1, 0.15) is 6.04 Å². The molecule has 0 aromatic carbocycles. The van der Waals surface area contributed by atoms with Crippen molar-refractivity contribution >= 4 is 17.8 Å². The molecular weight excluding hydrogens is 296 g/mol. The molecular formula is C17H32N2O4. The molecule has 134 valence electrons. The van der Waals surface area contributed by atoms with Crippen LogP contribution in [0.4, 0.5) is 0 Å². The van der Waals surface area contributed by atoms with Crippen LogP contribution in [0.25, 0.3) is 0 Å². The van der Waals surface area contributed by atoms with Crippen LogP contribution < -0.4 is 11.5 Å². The lowest BCUT2D eigenvalue weighted by molar-refractivity contribution is -0.160. The highest BCUT2D eigenvalue weighted by Crippen LogP contribution is 2.11. The van der Waals surface area contributed by atoms with Gasteiger partial charge in [-0.2, -0.15) is 0 Å². The highest BCUT2D eigenvalue weighted by Gasteiger charge is 2.19. The van der Waals surface area contributed by atoms with E-state index in [1.807, 2.05) is 0 Å². The number of nitrogens with two attached hydrogens (primary N) is 2. The quantitative estimate of drug-likeness (QED) is 0.289. The van der Waals surface area contributed by atoms with E-state index in [9.17, 15) is 14.4 Å². The first-order chi connectivity index (χ1) is 11.0. The first kappa shape index (κ1) is 21.6. The number of ether oxygens (including phenoxy) is 1. The SMILES string of the molecule is CCCCCCCCCCCC(=O)OC(=O)[C@@H](N)CCC(N)=O. The van der Waals surface area contributed by atoms with E-state index in [4.69, 9.17) is 11.5 Å². The van der Waals surface area contributed by atoms with Gasteiger partial charge in [-0.15, -0.1) is 0 Å². The summed E-state index contributed by atoms with van der Waals surface area (Å²) in [5.41, 5.74) is 10.5. The molecule has 1 atom stereocenters. The summed E-state index contributed by atoms with van der Waals surface area (Å²) in [5, 5.41) is 0. The minimum atomic E-state index is -0.977. The minimum Gasteiger partial charge on any atom is -0.392 e. The molecule has 0 unspecified atom stereocenters. The van der Waals surface area contributed by atoms with E-state index < -0.39 is 23.9 Å². The van der Waals surface area contributed by atoms with Crippen LogP contribution in [0, 0.1) is 0 Å². The molecule has 0 spiro atoms. The third kappa shape index (κ3) is 13.9. The lowest BCUT2D eigenvalue weighted by Crippen LogP contribution is -2.34. The van der Waals surface area contributed by atoms with Gasteiger partial charge >= 0.3 is 11.9 Å². The Balaban J connectivity index is 3.55. The summed E-state index contributed by atoms with van der Waals surface area (Å²) < 4.78 is 4.66. The van der Waals surface area contributed by atoms with E-state index >= 15 is 0 Å². The van der Waals surface area contributed by atoms with Crippen LogP contribution in [0.5, 0.6) is 0 Å². The van der Waals surface area contributed by atoms with Gasteiger partial charge in [0, 0.05) is 12.8 Å². The van der Waals surface area contributed by atoms with E-state index in [1.54, 1.807) is 0 Å². The van der Waals surface area contributed by atoms with E-state index in [2.05, 4.69) is 11.7 Å². The molecule has 1 amide bonds. The first-order valence-electron chi connectivity index (χ1n) is 8.75. The van der Waals surface area contributed by atoms with Gasteiger partial charge in [0.2, 0.25) is 5.91 Å². The van der Waals surface area contributed by atoms with E-state index in [0.29, 0.717) is 0 Å². The number of primary amides is 1. The van der Waals surface area contributed by atoms with Crippen LogP contribution in [-0.2, 0) is 19.1 Å². The third-order valence-corrected chi connectivity index (χ3v) is 3.70. The molecule has 0 fully saturated rings. The van der Waals surface area contributed by atoms with Gasteiger partial charge in [0.15, 0.2) is 0 Å². The predicted octanol–water partition coefficient (Wildman–Crippen LogP) is 2.57. The van der Waals surface area contributed by atoms with Gasteiger partial charge in [0.05, 0.1) is 0 Å². The summed E-state index contributed by atoms with van der Waals surface area (Å²) in [6.07, 6.45) is 10.7. The molecule has 6 nitrogen and oxygen atoms in total. The zero-order valence-electron chi connectivity index (χ0n) is 14.4. The molecule has 0 saturated heterocycles. The zero-order valence-corrected chi connectivity index (χ0v) is 14.4. The Hall–Kier alpha value is -1.43. The number of hydrogen-bond acceptors (Lipinski definition) is 5. The highest BCUT2D eigenvalue weighted by molar-refractivity contribution is 5.88. The van der Waals surface area contributed by atoms with Crippen molar-refractivity contribution in [3.63, 3.8) is 0 Å². The largest absolute Gasteiger partial charge is 0.392 e. The Kier molecular flexibility index (Phi) is 13.3. The normalized spacial score (nSPS) is 11.9. The fraction of sp³-hybridized carbons (Fsp3) is 0.824. The number of rotatable bonds is 14. The van der Waals surface area contributed by atoms with Crippen LogP contribution in [0.2, 0.25) is 0 Å². The molecule has 6 heteroatoms. The van der Waals surface area contributed by atoms with Crippen molar-refractivity contribution in [3.8, 4) is 0 Å². The van der Waals surface area contributed by atoms with Gasteiger partial charge in [-0.25, -0.2) is 4.79 Å². The van der Waals surface area contributed by atoms with Gasteiger partial charge in [-0.1, -0.05) is 58.3 Å². The van der Waals surface area contributed by atoms with Crippen molar-refractivity contribution in [2.75, 3.05) is 0 Å². The minimum absolute atomic E-state index is 0.00269. The van der Waals surface area contributed by atoms with Crippen molar-refractivity contribution in [1.29, 1.82) is 0 Å². The second kappa shape index (κ2) is 14.2. The fourth-order valence-electron chi connectivity index (χ4n) is 2.23. The molecule has 0 rings (SSSR count). The molecule has 0 aromatic heterocycles. The number of unbranched alkanes of at least 4 members (excludes halogenated alkanes) is 8. The highest BCUT2D eigenvalue weighted by atomic mass is 16.6. The smallest absolute Gasteiger partial charge is 0.330 e. The van der Waals surface area contributed by atoms with Crippen molar-refractivity contribution in [2.45, 2.75) is 90.0 Å². The van der Waals surface area contributed by atoms with Gasteiger partial charge in [-0.05, 0) is 12.8 Å². The van der Waals surface area contributed by atoms with Crippen molar-refractivity contribution < 1.29 is 19.1 Å². The standard InChI is InChI=1S/C17H32N2O4/c1-2-3-4-5-6-7-8-9-10-11-16(21)23-17(22)14(18)12-13-15(19)20/h14H,2-13,18H2,1H3,(H2,19,20)/t14-/m0/s1. The van der Waals surface area contributed by atoms with E-state index in [-0.39, 0.29) is 19.3 Å². The Morgan fingerprint density at radius 2 is 1.39 bits per heavy atom. The monoisotopic (exact) mass is 328 g/mol. The molecule has 0 aliphatic rings. The zero-order chi connectivity index (χ0) is 17.5. The maximum Gasteiger partial charge on any atom is 0.330 e. The number of carbonyl (C=O) groups excluding carboxylic acids is 3. The van der Waals surface area contributed by atoms with E-state index in [0.717, 1.165) is 19.3 Å². The first-order valence-corrected chi connectivity index (χ1v) is 8.75. The summed E-state index contributed by atoms with van der Waals surface area (Å²) in [5.74, 6) is -1.87. The summed E-state index contributed by atoms with van der Waals surface area (Å²) in [7, 11) is 0. The molecule has 0 heterocycles. The summed E-state index contributed by atoms with van der Waals surface area (Å²) in [4.78, 5) is 33.6. The number of esters is 2. The second-order valence-corrected chi connectivity index (χ2v) is 5.98. The van der Waals surface area contributed by atoms with Gasteiger partial charge in [0.25, 0.3) is 0 Å². The van der Waals surface area contributed by atoms with Gasteiger partial charge < -0.3 is 16.2 Å². The maximum absolute atomic E-state index is 11.5. The average Bonchev–Trinajstić information content (AvgIpc) is 2.50. The number of carbonyl (C=O) groups is 3. The molecule has 4 N–H and O–H groups in total. The van der Waals surface area contributed by atoms with Crippen molar-refractivity contribution in [2.24, 2.45) is 11.5 Å². The summed E-state index contributed by atoms with van der Waals surface area (Å²) in [6.45, 7) is 2.20. The number of amides is 1. The van der Waals surface area contributed by atoms with Crippen LogP contribution >= 0.6 is 0 Å².